The number of rotatable bonds is 7. The van der Waals surface area contributed by atoms with Crippen molar-refractivity contribution < 1.29 is 14.3 Å². The van der Waals surface area contributed by atoms with E-state index in [2.05, 4.69) is 10.3 Å². The van der Waals surface area contributed by atoms with Crippen LogP contribution in [0.1, 0.15) is 65.7 Å². The van der Waals surface area contributed by atoms with Crippen LogP contribution >= 0.6 is 11.3 Å². The van der Waals surface area contributed by atoms with E-state index in [1.165, 1.54) is 32.1 Å². The Morgan fingerprint density at radius 2 is 2.19 bits per heavy atom. The largest absolute Gasteiger partial charge is 0.461 e. The number of esters is 1. The summed E-state index contributed by atoms with van der Waals surface area (Å²) in [7, 11) is 0. The van der Waals surface area contributed by atoms with Crippen LogP contribution in [-0.2, 0) is 4.74 Å². The molecule has 1 N–H and O–H groups in total. The lowest BCUT2D eigenvalue weighted by Gasteiger charge is -2.08. The fourth-order valence-electron chi connectivity index (χ4n) is 2.65. The van der Waals surface area contributed by atoms with Crippen LogP contribution in [0.5, 0.6) is 0 Å². The molecule has 0 bridgehead atoms. The number of nitrogens with one attached hydrogen (secondary N) is 1. The molecule has 0 aliphatic heterocycles. The Labute approximate surface area is 129 Å². The molecule has 0 radical (unpaired) electrons. The molecular weight excluding hydrogens is 288 g/mol. The molecule has 0 unspecified atom stereocenters. The molecule has 1 aliphatic rings. The van der Waals surface area contributed by atoms with E-state index in [9.17, 15) is 9.59 Å². The van der Waals surface area contributed by atoms with Crippen molar-refractivity contribution in [1.82, 2.24) is 10.3 Å². The van der Waals surface area contributed by atoms with Crippen molar-refractivity contribution in [2.75, 3.05) is 13.2 Å². The number of hydrogen-bond donors (Lipinski definition) is 1. The zero-order valence-corrected chi connectivity index (χ0v) is 13.2. The molecule has 1 amide bonds. The maximum absolute atomic E-state index is 11.9. The van der Waals surface area contributed by atoms with Gasteiger partial charge in [0.1, 0.15) is 5.69 Å². The Morgan fingerprint density at radius 3 is 2.90 bits per heavy atom. The Morgan fingerprint density at radius 1 is 1.43 bits per heavy atom. The average molecular weight is 310 g/mol. The summed E-state index contributed by atoms with van der Waals surface area (Å²) in [5.41, 5.74) is 0.295. The van der Waals surface area contributed by atoms with Crippen molar-refractivity contribution in [2.45, 2.75) is 45.4 Å². The number of carbonyl (C=O) groups is 2. The molecule has 21 heavy (non-hydrogen) atoms. The molecule has 0 aromatic carbocycles. The molecular formula is C15H22N2O3S. The molecule has 0 spiro atoms. The lowest BCUT2D eigenvalue weighted by Crippen LogP contribution is -2.25. The number of hydrogen-bond acceptors (Lipinski definition) is 5. The second kappa shape index (κ2) is 8.12. The van der Waals surface area contributed by atoms with Gasteiger partial charge in [-0.3, -0.25) is 4.79 Å². The Balaban J connectivity index is 1.71. The average Bonchev–Trinajstić information content (AvgIpc) is 3.14. The molecule has 1 aromatic heterocycles. The molecule has 1 heterocycles. The van der Waals surface area contributed by atoms with Crippen molar-refractivity contribution in [3.05, 3.63) is 16.1 Å². The van der Waals surface area contributed by atoms with E-state index in [1.807, 2.05) is 0 Å². The third kappa shape index (κ3) is 4.81. The van der Waals surface area contributed by atoms with Crippen molar-refractivity contribution in [1.29, 1.82) is 0 Å². The van der Waals surface area contributed by atoms with E-state index < -0.39 is 5.97 Å². The molecule has 6 heteroatoms. The highest BCUT2D eigenvalue weighted by Crippen LogP contribution is 2.28. The summed E-state index contributed by atoms with van der Waals surface area (Å²) in [4.78, 5) is 27.4. The van der Waals surface area contributed by atoms with Gasteiger partial charge in [-0.15, -0.1) is 11.3 Å². The maximum Gasteiger partial charge on any atom is 0.367 e. The summed E-state index contributed by atoms with van der Waals surface area (Å²) in [5, 5.41) is 4.69. The van der Waals surface area contributed by atoms with Crippen LogP contribution in [0.3, 0.4) is 0 Å². The van der Waals surface area contributed by atoms with Crippen LogP contribution in [0.15, 0.2) is 5.38 Å². The van der Waals surface area contributed by atoms with Crippen molar-refractivity contribution in [2.24, 2.45) is 5.92 Å². The van der Waals surface area contributed by atoms with Gasteiger partial charge in [0, 0.05) is 11.9 Å². The van der Waals surface area contributed by atoms with E-state index in [-0.39, 0.29) is 10.9 Å². The lowest BCUT2D eigenvalue weighted by molar-refractivity contribution is 0.0526. The van der Waals surface area contributed by atoms with E-state index in [4.69, 9.17) is 4.74 Å². The highest BCUT2D eigenvalue weighted by Gasteiger charge is 2.17. The Bertz CT molecular complexity index is 481. The van der Waals surface area contributed by atoms with Crippen LogP contribution in [0.25, 0.3) is 0 Å². The number of ether oxygens (including phenoxy) is 1. The molecule has 2 rings (SSSR count). The molecule has 116 valence electrons. The minimum atomic E-state index is -0.470. The Kier molecular flexibility index (Phi) is 6.17. The van der Waals surface area contributed by atoms with Gasteiger partial charge < -0.3 is 10.1 Å². The summed E-state index contributed by atoms with van der Waals surface area (Å²) in [6.07, 6.45) is 7.57. The number of aromatic nitrogens is 1. The molecule has 0 saturated heterocycles. The van der Waals surface area contributed by atoms with Crippen molar-refractivity contribution >= 4 is 23.2 Å². The predicted molar refractivity (Wildman–Crippen MR) is 81.6 cm³/mol. The first-order valence-corrected chi connectivity index (χ1v) is 8.49. The van der Waals surface area contributed by atoms with Crippen LogP contribution < -0.4 is 5.32 Å². The second-order valence-electron chi connectivity index (χ2n) is 5.31. The third-order valence-electron chi connectivity index (χ3n) is 3.74. The van der Waals surface area contributed by atoms with Gasteiger partial charge in [-0.25, -0.2) is 9.78 Å². The smallest absolute Gasteiger partial charge is 0.367 e. The summed E-state index contributed by atoms with van der Waals surface area (Å²) in [6.45, 7) is 2.71. The van der Waals surface area contributed by atoms with Gasteiger partial charge in [-0.2, -0.15) is 0 Å². The minimum absolute atomic E-state index is 0.215. The zero-order valence-electron chi connectivity index (χ0n) is 12.4. The van der Waals surface area contributed by atoms with Crippen LogP contribution in [-0.4, -0.2) is 30.0 Å². The normalized spacial score (nSPS) is 15.1. The maximum atomic E-state index is 11.9. The van der Waals surface area contributed by atoms with E-state index in [0.717, 1.165) is 23.7 Å². The van der Waals surface area contributed by atoms with E-state index in [0.29, 0.717) is 18.8 Å². The summed E-state index contributed by atoms with van der Waals surface area (Å²) < 4.78 is 4.85. The lowest BCUT2D eigenvalue weighted by atomic mass is 10.0. The van der Waals surface area contributed by atoms with E-state index >= 15 is 0 Å². The van der Waals surface area contributed by atoms with Crippen LogP contribution in [0.4, 0.5) is 0 Å². The van der Waals surface area contributed by atoms with Gasteiger partial charge in [0.2, 0.25) is 5.01 Å². The van der Waals surface area contributed by atoms with Gasteiger partial charge in [-0.1, -0.05) is 25.7 Å². The summed E-state index contributed by atoms with van der Waals surface area (Å²) in [5.74, 6) is 0.160. The monoisotopic (exact) mass is 310 g/mol. The van der Waals surface area contributed by atoms with Crippen LogP contribution in [0.2, 0.25) is 0 Å². The quantitative estimate of drug-likeness (QED) is 0.621. The zero-order chi connectivity index (χ0) is 15.1. The number of amides is 1. The van der Waals surface area contributed by atoms with Gasteiger partial charge in [0.25, 0.3) is 5.91 Å². The molecule has 5 nitrogen and oxygen atoms in total. The fraction of sp³-hybridized carbons (Fsp3) is 0.667. The van der Waals surface area contributed by atoms with E-state index in [1.54, 1.807) is 12.3 Å². The number of nitrogens with zero attached hydrogens (tertiary/aromatic N) is 1. The highest BCUT2D eigenvalue weighted by molar-refractivity contribution is 7.11. The highest BCUT2D eigenvalue weighted by atomic mass is 32.1. The predicted octanol–water partition coefficient (Wildman–Crippen LogP) is 3.02. The summed E-state index contributed by atoms with van der Waals surface area (Å²) in [6, 6.07) is 0. The van der Waals surface area contributed by atoms with Crippen molar-refractivity contribution in [3.63, 3.8) is 0 Å². The standard InChI is InChI=1S/C15H22N2O3S/c1-2-20-15(19)14-17-12(10-21-14)13(18)16-9-5-8-11-6-3-4-7-11/h10-11H,2-9H2,1H3,(H,16,18). The van der Waals surface area contributed by atoms with Gasteiger partial charge in [0.05, 0.1) is 6.61 Å². The van der Waals surface area contributed by atoms with Gasteiger partial charge in [0.15, 0.2) is 0 Å². The first kappa shape index (κ1) is 15.9. The number of thiazole rings is 1. The molecule has 1 aliphatic carbocycles. The Hall–Kier alpha value is -1.43. The molecule has 1 aromatic rings. The van der Waals surface area contributed by atoms with Crippen LogP contribution in [0, 0.1) is 5.92 Å². The molecule has 0 atom stereocenters. The molecule has 1 fully saturated rings. The first-order valence-electron chi connectivity index (χ1n) is 7.61. The fourth-order valence-corrected chi connectivity index (χ4v) is 3.34. The van der Waals surface area contributed by atoms with Gasteiger partial charge in [-0.05, 0) is 25.7 Å². The third-order valence-corrected chi connectivity index (χ3v) is 4.56. The topological polar surface area (TPSA) is 68.3 Å². The first-order chi connectivity index (χ1) is 10.2. The van der Waals surface area contributed by atoms with Crippen molar-refractivity contribution in [3.8, 4) is 0 Å². The number of carbonyl (C=O) groups excluding carboxylic acids is 2. The SMILES string of the molecule is CCOC(=O)c1nc(C(=O)NCCCC2CCCC2)cs1. The van der Waals surface area contributed by atoms with Gasteiger partial charge >= 0.3 is 5.97 Å². The second-order valence-corrected chi connectivity index (χ2v) is 6.17. The summed E-state index contributed by atoms with van der Waals surface area (Å²) >= 11 is 1.14. The minimum Gasteiger partial charge on any atom is -0.461 e. The molecule has 1 saturated carbocycles.